The number of carbonyl (C=O) groups excluding carboxylic acids is 4. The highest BCUT2D eigenvalue weighted by atomic mass is 16.2. The molecule has 26 heavy (non-hydrogen) atoms. The number of H-pyrrole nitrogens is 1. The third-order valence-corrected chi connectivity index (χ3v) is 5.87. The van der Waals surface area contributed by atoms with E-state index in [4.69, 9.17) is 0 Å². The monoisotopic (exact) mass is 359 g/mol. The molecule has 2 N–H and O–H groups in total. The highest BCUT2D eigenvalue weighted by Crippen LogP contribution is 2.38. The molecule has 1 aromatic heterocycles. The molecule has 2 heterocycles. The quantitative estimate of drug-likeness (QED) is 0.637. The van der Waals surface area contributed by atoms with Crippen molar-refractivity contribution < 1.29 is 19.2 Å². The summed E-state index contributed by atoms with van der Waals surface area (Å²) in [6.07, 6.45) is 3.41. The lowest BCUT2D eigenvalue weighted by Crippen LogP contribution is -2.54. The van der Waals surface area contributed by atoms with Crippen molar-refractivity contribution >= 4 is 23.5 Å². The van der Waals surface area contributed by atoms with Crippen LogP contribution < -0.4 is 5.32 Å². The molecule has 1 aliphatic carbocycles. The Balaban J connectivity index is 1.84. The molecule has 1 aliphatic heterocycles. The van der Waals surface area contributed by atoms with Crippen molar-refractivity contribution in [3.63, 3.8) is 0 Å². The molecule has 2 aliphatic rings. The maximum Gasteiger partial charge on any atom is 0.325 e. The fourth-order valence-corrected chi connectivity index (χ4v) is 4.42. The largest absolute Gasteiger partial charge is 0.355 e. The van der Waals surface area contributed by atoms with Crippen LogP contribution in [-0.4, -0.2) is 45.5 Å². The van der Waals surface area contributed by atoms with Crippen molar-refractivity contribution in [2.45, 2.75) is 58.9 Å². The smallest absolute Gasteiger partial charge is 0.325 e. The first-order valence-electron chi connectivity index (χ1n) is 9.06. The van der Waals surface area contributed by atoms with E-state index in [9.17, 15) is 19.2 Å². The molecule has 1 aromatic rings. The van der Waals surface area contributed by atoms with Gasteiger partial charge in [0.15, 0.2) is 11.6 Å². The third-order valence-electron chi connectivity index (χ3n) is 5.87. The molecular formula is C19H25N3O4. The van der Waals surface area contributed by atoms with Crippen LogP contribution in [0.15, 0.2) is 0 Å². The fourth-order valence-electron chi connectivity index (χ4n) is 4.42. The number of aryl methyl sites for hydroxylation is 1. The number of aromatic nitrogens is 1. The Morgan fingerprint density at radius 1 is 1.23 bits per heavy atom. The Kier molecular flexibility index (Phi) is 4.50. The number of ketones is 2. The SMILES string of the molecule is CC(=O)c1c(C)[nH]c(C(=O)CN2C(=O)N[C@]3(CCCC[C@H]3C)C2=O)c1C. The summed E-state index contributed by atoms with van der Waals surface area (Å²) in [5.41, 5.74) is 1.08. The standard InChI is InChI=1S/C19H25N3O4/c1-10-7-5-6-8-19(10)17(25)22(18(26)21-19)9-14(24)16-11(2)15(13(4)23)12(3)20-16/h10,20H,5-9H2,1-4H3,(H,21,26)/t10-,19+/m1/s1. The zero-order valence-electron chi connectivity index (χ0n) is 15.7. The van der Waals surface area contributed by atoms with Gasteiger partial charge in [0.1, 0.15) is 5.54 Å². The summed E-state index contributed by atoms with van der Waals surface area (Å²) in [4.78, 5) is 53.8. The average molecular weight is 359 g/mol. The minimum atomic E-state index is -0.874. The van der Waals surface area contributed by atoms with E-state index in [2.05, 4.69) is 10.3 Å². The van der Waals surface area contributed by atoms with Gasteiger partial charge in [-0.05, 0) is 45.1 Å². The van der Waals surface area contributed by atoms with Crippen molar-refractivity contribution in [1.82, 2.24) is 15.2 Å². The van der Waals surface area contributed by atoms with Crippen LogP contribution in [0.3, 0.4) is 0 Å². The number of nitrogens with zero attached hydrogens (tertiary/aromatic N) is 1. The number of aromatic amines is 1. The topological polar surface area (TPSA) is 99.3 Å². The first-order valence-corrected chi connectivity index (χ1v) is 9.06. The van der Waals surface area contributed by atoms with Gasteiger partial charge in [-0.2, -0.15) is 0 Å². The second kappa shape index (κ2) is 6.37. The second-order valence-electron chi connectivity index (χ2n) is 7.54. The Bertz CT molecular complexity index is 810. The van der Waals surface area contributed by atoms with Crippen LogP contribution in [0, 0.1) is 19.8 Å². The van der Waals surface area contributed by atoms with Gasteiger partial charge in [0.05, 0.1) is 12.2 Å². The molecule has 7 nitrogen and oxygen atoms in total. The summed E-state index contributed by atoms with van der Waals surface area (Å²) >= 11 is 0. The molecular weight excluding hydrogens is 334 g/mol. The van der Waals surface area contributed by atoms with Gasteiger partial charge in [0.2, 0.25) is 0 Å². The molecule has 3 rings (SSSR count). The van der Waals surface area contributed by atoms with Gasteiger partial charge < -0.3 is 10.3 Å². The fraction of sp³-hybridized carbons (Fsp3) is 0.579. The number of rotatable bonds is 4. The van der Waals surface area contributed by atoms with Gasteiger partial charge >= 0.3 is 6.03 Å². The zero-order chi connectivity index (χ0) is 19.2. The van der Waals surface area contributed by atoms with Crippen molar-refractivity contribution in [2.24, 2.45) is 5.92 Å². The van der Waals surface area contributed by atoms with Crippen molar-refractivity contribution in [1.29, 1.82) is 0 Å². The minimum absolute atomic E-state index is 0.0478. The molecule has 0 aromatic carbocycles. The molecule has 3 amide bonds. The Labute approximate surface area is 152 Å². The van der Waals surface area contributed by atoms with E-state index in [0.717, 1.165) is 24.2 Å². The number of amides is 3. The first-order chi connectivity index (χ1) is 12.2. The number of nitrogens with one attached hydrogen (secondary N) is 2. The van der Waals surface area contributed by atoms with Crippen LogP contribution in [0.2, 0.25) is 0 Å². The van der Waals surface area contributed by atoms with Gasteiger partial charge in [0.25, 0.3) is 5.91 Å². The molecule has 1 saturated carbocycles. The molecule has 0 unspecified atom stereocenters. The number of hydrogen-bond acceptors (Lipinski definition) is 4. The molecule has 0 bridgehead atoms. The molecule has 2 fully saturated rings. The number of hydrogen-bond donors (Lipinski definition) is 2. The summed E-state index contributed by atoms with van der Waals surface area (Å²) in [5, 5.41) is 2.85. The normalized spacial score (nSPS) is 25.7. The van der Waals surface area contributed by atoms with E-state index in [1.807, 2.05) is 6.92 Å². The Morgan fingerprint density at radius 2 is 1.92 bits per heavy atom. The van der Waals surface area contributed by atoms with Crippen LogP contribution >= 0.6 is 0 Å². The zero-order valence-corrected chi connectivity index (χ0v) is 15.7. The average Bonchev–Trinajstić information content (AvgIpc) is 2.99. The maximum atomic E-state index is 13.0. The van der Waals surface area contributed by atoms with E-state index in [0.29, 0.717) is 23.2 Å². The van der Waals surface area contributed by atoms with E-state index in [1.54, 1.807) is 13.8 Å². The first kappa shape index (κ1) is 18.4. The van der Waals surface area contributed by atoms with Crippen molar-refractivity contribution in [2.75, 3.05) is 6.54 Å². The molecule has 2 atom stereocenters. The molecule has 7 heteroatoms. The molecule has 1 spiro atoms. The second-order valence-corrected chi connectivity index (χ2v) is 7.54. The molecule has 0 radical (unpaired) electrons. The van der Waals surface area contributed by atoms with Crippen LogP contribution in [0.5, 0.6) is 0 Å². The molecule has 1 saturated heterocycles. The van der Waals surface area contributed by atoms with Gasteiger partial charge in [0, 0.05) is 11.3 Å². The number of carbonyl (C=O) groups is 4. The maximum absolute atomic E-state index is 13.0. The summed E-state index contributed by atoms with van der Waals surface area (Å²) in [7, 11) is 0. The van der Waals surface area contributed by atoms with E-state index >= 15 is 0 Å². The lowest BCUT2D eigenvalue weighted by Gasteiger charge is -2.36. The highest BCUT2D eigenvalue weighted by molar-refractivity contribution is 6.12. The van der Waals surface area contributed by atoms with Crippen LogP contribution in [-0.2, 0) is 4.79 Å². The minimum Gasteiger partial charge on any atom is -0.355 e. The summed E-state index contributed by atoms with van der Waals surface area (Å²) < 4.78 is 0. The van der Waals surface area contributed by atoms with Crippen LogP contribution in [0.25, 0.3) is 0 Å². The van der Waals surface area contributed by atoms with Crippen molar-refractivity contribution in [3.8, 4) is 0 Å². The summed E-state index contributed by atoms with van der Waals surface area (Å²) in [5.74, 6) is -0.759. The van der Waals surface area contributed by atoms with E-state index in [1.165, 1.54) is 6.92 Å². The summed E-state index contributed by atoms with van der Waals surface area (Å²) in [6, 6.07) is -0.509. The number of imide groups is 1. The lowest BCUT2D eigenvalue weighted by molar-refractivity contribution is -0.133. The third kappa shape index (κ3) is 2.66. The van der Waals surface area contributed by atoms with Crippen molar-refractivity contribution in [3.05, 3.63) is 22.5 Å². The van der Waals surface area contributed by atoms with Gasteiger partial charge in [-0.25, -0.2) is 4.79 Å². The highest BCUT2D eigenvalue weighted by Gasteiger charge is 2.55. The number of urea groups is 1. The summed E-state index contributed by atoms with van der Waals surface area (Å²) in [6.45, 7) is 6.53. The predicted molar refractivity (Wildman–Crippen MR) is 95.2 cm³/mol. The van der Waals surface area contributed by atoms with Crippen LogP contribution in [0.1, 0.15) is 71.6 Å². The van der Waals surface area contributed by atoms with Crippen LogP contribution in [0.4, 0.5) is 4.79 Å². The van der Waals surface area contributed by atoms with Gasteiger partial charge in [-0.15, -0.1) is 0 Å². The van der Waals surface area contributed by atoms with Gasteiger partial charge in [-0.1, -0.05) is 19.8 Å². The Morgan fingerprint density at radius 3 is 2.50 bits per heavy atom. The lowest BCUT2D eigenvalue weighted by atomic mass is 9.73. The van der Waals surface area contributed by atoms with E-state index in [-0.39, 0.29) is 35.6 Å². The Hall–Kier alpha value is -2.44. The number of Topliss-reactive ketones (excluding diaryl/α,β-unsaturated/α-hetero) is 2. The van der Waals surface area contributed by atoms with E-state index < -0.39 is 11.6 Å². The predicted octanol–water partition coefficient (Wildman–Crippen LogP) is 2.52. The molecule has 140 valence electrons. The van der Waals surface area contributed by atoms with Gasteiger partial charge in [-0.3, -0.25) is 19.3 Å².